The lowest BCUT2D eigenvalue weighted by Crippen LogP contribution is -2.19. The first-order valence-electron chi connectivity index (χ1n) is 8.00. The average Bonchev–Trinajstić information content (AvgIpc) is 2.62. The van der Waals surface area contributed by atoms with Gasteiger partial charge >= 0.3 is 0 Å². The van der Waals surface area contributed by atoms with Crippen molar-refractivity contribution in [1.82, 2.24) is 4.98 Å². The van der Waals surface area contributed by atoms with Crippen molar-refractivity contribution < 1.29 is 9.53 Å². The van der Waals surface area contributed by atoms with Gasteiger partial charge in [-0.05, 0) is 47.9 Å². The Morgan fingerprint density at radius 3 is 2.79 bits per heavy atom. The van der Waals surface area contributed by atoms with Gasteiger partial charge in [0.2, 0.25) is 0 Å². The lowest BCUT2D eigenvalue weighted by Gasteiger charge is -2.19. The van der Waals surface area contributed by atoms with Crippen molar-refractivity contribution >= 4 is 23.4 Å². The Labute approximate surface area is 146 Å². The molecule has 0 spiro atoms. The Bertz CT molecular complexity index is 772. The Hall–Kier alpha value is -2.27. The number of anilines is 1. The third kappa shape index (κ3) is 3.62. The highest BCUT2D eigenvalue weighted by molar-refractivity contribution is 8.04. The number of aromatic nitrogens is 1. The molecular weight excluding hydrogens is 320 g/mol. The number of aryl methyl sites for hydroxylation is 1. The van der Waals surface area contributed by atoms with Crippen LogP contribution in [-0.4, -0.2) is 23.3 Å². The summed E-state index contributed by atoms with van der Waals surface area (Å²) in [5.74, 6) is 1.51. The number of ether oxygens (including phenoxy) is 1. The van der Waals surface area contributed by atoms with E-state index in [9.17, 15) is 4.79 Å². The molecule has 1 N–H and O–H groups in total. The maximum atomic E-state index is 12.5. The van der Waals surface area contributed by atoms with E-state index < -0.39 is 0 Å². The highest BCUT2D eigenvalue weighted by Crippen LogP contribution is 2.30. The molecule has 0 unspecified atom stereocenters. The topological polar surface area (TPSA) is 51.2 Å². The summed E-state index contributed by atoms with van der Waals surface area (Å²) in [4.78, 5) is 17.3. The number of thioether (sulfide) groups is 1. The molecule has 4 nitrogen and oxygen atoms in total. The highest BCUT2D eigenvalue weighted by Gasteiger charge is 2.20. The van der Waals surface area contributed by atoms with E-state index in [1.807, 2.05) is 44.2 Å². The molecular formula is C19H20N2O2S. The summed E-state index contributed by atoms with van der Waals surface area (Å²) < 4.78 is 5.59. The molecule has 1 aromatic heterocycles. The van der Waals surface area contributed by atoms with Crippen molar-refractivity contribution in [2.24, 2.45) is 0 Å². The predicted molar refractivity (Wildman–Crippen MR) is 98.8 cm³/mol. The van der Waals surface area contributed by atoms with Gasteiger partial charge in [0, 0.05) is 30.3 Å². The molecule has 0 saturated carbocycles. The zero-order valence-corrected chi connectivity index (χ0v) is 14.7. The van der Waals surface area contributed by atoms with Gasteiger partial charge in [-0.1, -0.05) is 13.0 Å². The van der Waals surface area contributed by atoms with Gasteiger partial charge in [0.25, 0.3) is 5.91 Å². The van der Waals surface area contributed by atoms with Gasteiger partial charge in [0.1, 0.15) is 10.7 Å². The first-order valence-corrected chi connectivity index (χ1v) is 8.98. The maximum Gasteiger partial charge on any atom is 0.265 e. The third-order valence-electron chi connectivity index (χ3n) is 3.86. The van der Waals surface area contributed by atoms with Crippen LogP contribution in [0.15, 0.2) is 53.4 Å². The number of pyridine rings is 1. The Morgan fingerprint density at radius 2 is 2.08 bits per heavy atom. The molecule has 1 aliphatic heterocycles. The van der Waals surface area contributed by atoms with Gasteiger partial charge in [-0.15, -0.1) is 11.8 Å². The minimum absolute atomic E-state index is 0.0902. The van der Waals surface area contributed by atoms with Gasteiger partial charge in [0.15, 0.2) is 0 Å². The van der Waals surface area contributed by atoms with Gasteiger partial charge in [-0.3, -0.25) is 9.78 Å². The number of amides is 1. The van der Waals surface area contributed by atoms with E-state index in [0.29, 0.717) is 11.5 Å². The summed E-state index contributed by atoms with van der Waals surface area (Å²) in [5.41, 5.74) is 4.16. The van der Waals surface area contributed by atoms with Crippen LogP contribution in [0.2, 0.25) is 0 Å². The van der Waals surface area contributed by atoms with E-state index in [0.717, 1.165) is 40.3 Å². The smallest absolute Gasteiger partial charge is 0.265 e. The number of hydrogen-bond acceptors (Lipinski definition) is 4. The number of carbonyl (C=O) groups is 1. The molecule has 0 fully saturated rings. The summed E-state index contributed by atoms with van der Waals surface area (Å²) in [5, 5.41) is 2.99. The molecule has 3 rings (SSSR count). The van der Waals surface area contributed by atoms with Gasteiger partial charge in [-0.25, -0.2) is 0 Å². The maximum absolute atomic E-state index is 12.5. The normalized spacial score (nSPS) is 14.2. The van der Waals surface area contributed by atoms with Gasteiger partial charge < -0.3 is 10.1 Å². The fourth-order valence-corrected chi connectivity index (χ4v) is 3.61. The molecule has 124 valence electrons. The standard InChI is InChI=1S/C19H20N2O2S/c1-3-17-18(24-11-10-23-17)19(22)21-15-4-5-16(13(2)12-15)14-6-8-20-9-7-14/h4-9,12H,3,10-11H2,1-2H3,(H,21,22). The molecule has 1 amide bonds. The summed E-state index contributed by atoms with van der Waals surface area (Å²) in [6, 6.07) is 9.92. The van der Waals surface area contributed by atoms with Crippen molar-refractivity contribution in [2.45, 2.75) is 20.3 Å². The quantitative estimate of drug-likeness (QED) is 0.897. The molecule has 0 aliphatic carbocycles. The molecule has 1 aromatic carbocycles. The second-order valence-electron chi connectivity index (χ2n) is 5.52. The first kappa shape index (κ1) is 16.6. The second-order valence-corrected chi connectivity index (χ2v) is 6.63. The predicted octanol–water partition coefficient (Wildman–Crippen LogP) is 4.38. The second kappa shape index (κ2) is 7.53. The van der Waals surface area contributed by atoms with Crippen LogP contribution in [0.4, 0.5) is 5.69 Å². The van der Waals surface area contributed by atoms with Crippen molar-refractivity contribution in [3.63, 3.8) is 0 Å². The highest BCUT2D eigenvalue weighted by atomic mass is 32.2. The van der Waals surface area contributed by atoms with Crippen LogP contribution in [0.1, 0.15) is 18.9 Å². The fraction of sp³-hybridized carbons (Fsp3) is 0.263. The van der Waals surface area contributed by atoms with Crippen molar-refractivity contribution in [3.8, 4) is 11.1 Å². The van der Waals surface area contributed by atoms with E-state index in [2.05, 4.69) is 10.3 Å². The molecule has 0 saturated heterocycles. The summed E-state index contributed by atoms with van der Waals surface area (Å²) >= 11 is 1.56. The van der Waals surface area contributed by atoms with Gasteiger partial charge in [0.05, 0.1) is 6.61 Å². The van der Waals surface area contributed by atoms with Crippen LogP contribution >= 0.6 is 11.8 Å². The molecule has 1 aliphatic rings. The van der Waals surface area contributed by atoms with E-state index in [4.69, 9.17) is 4.74 Å². The third-order valence-corrected chi connectivity index (χ3v) is 4.93. The number of nitrogens with zero attached hydrogens (tertiary/aromatic N) is 1. The van der Waals surface area contributed by atoms with Crippen LogP contribution in [0.5, 0.6) is 0 Å². The lowest BCUT2D eigenvalue weighted by molar-refractivity contribution is -0.112. The Morgan fingerprint density at radius 1 is 1.29 bits per heavy atom. The van der Waals surface area contributed by atoms with Crippen molar-refractivity contribution in [3.05, 3.63) is 59.0 Å². The van der Waals surface area contributed by atoms with Crippen molar-refractivity contribution in [1.29, 1.82) is 0 Å². The zero-order valence-electron chi connectivity index (χ0n) is 13.8. The number of carbonyl (C=O) groups excluding carboxylic acids is 1. The summed E-state index contributed by atoms with van der Waals surface area (Å²) in [6.07, 6.45) is 4.29. The molecule has 24 heavy (non-hydrogen) atoms. The monoisotopic (exact) mass is 340 g/mol. The van der Waals surface area contributed by atoms with Gasteiger partial charge in [-0.2, -0.15) is 0 Å². The van der Waals surface area contributed by atoms with E-state index in [1.165, 1.54) is 0 Å². The molecule has 5 heteroatoms. The molecule has 0 bridgehead atoms. The summed E-state index contributed by atoms with van der Waals surface area (Å²) in [7, 11) is 0. The van der Waals surface area contributed by atoms with Crippen LogP contribution in [0.25, 0.3) is 11.1 Å². The molecule has 2 heterocycles. The molecule has 0 atom stereocenters. The molecule has 2 aromatic rings. The zero-order chi connectivity index (χ0) is 16.9. The van der Waals surface area contributed by atoms with Crippen LogP contribution in [0, 0.1) is 6.92 Å². The SMILES string of the molecule is CCC1=C(C(=O)Nc2ccc(-c3ccncc3)c(C)c2)SCCO1. The number of hydrogen-bond donors (Lipinski definition) is 1. The largest absolute Gasteiger partial charge is 0.496 e. The minimum Gasteiger partial charge on any atom is -0.496 e. The first-order chi connectivity index (χ1) is 11.7. The lowest BCUT2D eigenvalue weighted by atomic mass is 10.0. The van der Waals surface area contributed by atoms with E-state index in [1.54, 1.807) is 24.2 Å². The number of rotatable bonds is 4. The number of benzene rings is 1. The number of nitrogens with one attached hydrogen (secondary N) is 1. The fourth-order valence-electron chi connectivity index (χ4n) is 2.69. The number of allylic oxidation sites excluding steroid dienone is 1. The molecule has 0 radical (unpaired) electrons. The van der Waals surface area contributed by atoms with E-state index >= 15 is 0 Å². The van der Waals surface area contributed by atoms with Crippen LogP contribution in [-0.2, 0) is 9.53 Å². The van der Waals surface area contributed by atoms with Crippen molar-refractivity contribution in [2.75, 3.05) is 17.7 Å². The Kier molecular flexibility index (Phi) is 5.20. The minimum atomic E-state index is -0.0902. The van der Waals surface area contributed by atoms with Crippen LogP contribution in [0.3, 0.4) is 0 Å². The average molecular weight is 340 g/mol. The van der Waals surface area contributed by atoms with Crippen LogP contribution < -0.4 is 5.32 Å². The Balaban J connectivity index is 1.80. The summed E-state index contributed by atoms with van der Waals surface area (Å²) in [6.45, 7) is 4.72. The van der Waals surface area contributed by atoms with E-state index in [-0.39, 0.29) is 5.91 Å².